The van der Waals surface area contributed by atoms with Crippen molar-refractivity contribution in [3.05, 3.63) is 101 Å². The van der Waals surface area contributed by atoms with Gasteiger partial charge in [-0.25, -0.2) is 13.5 Å². The third-order valence-electron chi connectivity index (χ3n) is 5.23. The first-order valence-corrected chi connectivity index (χ1v) is 11.0. The Hall–Kier alpha value is -5.00. The van der Waals surface area contributed by atoms with Crippen LogP contribution < -0.4 is 4.74 Å². The maximum Gasteiger partial charge on any atom is 0.257 e. The van der Waals surface area contributed by atoms with E-state index in [4.69, 9.17) is 14.0 Å². The molecule has 0 fully saturated rings. The number of hydrogen-bond acceptors (Lipinski definition) is 9. The Balaban J connectivity index is 1.29. The fourth-order valence-corrected chi connectivity index (χ4v) is 3.40. The molecule has 186 valence electrons. The lowest BCUT2D eigenvalue weighted by Gasteiger charge is -2.10. The van der Waals surface area contributed by atoms with E-state index in [9.17, 15) is 8.78 Å². The van der Waals surface area contributed by atoms with Gasteiger partial charge >= 0.3 is 0 Å². The molecule has 0 bridgehead atoms. The van der Waals surface area contributed by atoms with Crippen molar-refractivity contribution < 1.29 is 22.8 Å². The minimum atomic E-state index is -0.793. The van der Waals surface area contributed by atoms with Gasteiger partial charge in [-0.15, -0.1) is 15.3 Å². The Morgan fingerprint density at radius 2 is 1.78 bits per heavy atom. The molecule has 2 heterocycles. The first-order valence-electron chi connectivity index (χ1n) is 11.0. The molecule has 0 saturated heterocycles. The number of hydrogen-bond donors (Lipinski definition) is 0. The van der Waals surface area contributed by atoms with Crippen LogP contribution in [0.1, 0.15) is 22.8 Å². The van der Waals surface area contributed by atoms with Crippen molar-refractivity contribution in [2.45, 2.75) is 13.5 Å². The van der Waals surface area contributed by atoms with Crippen molar-refractivity contribution in [3.8, 4) is 23.0 Å². The molecule has 37 heavy (non-hydrogen) atoms. The largest absolute Gasteiger partial charge is 0.454 e. The number of oxime groups is 1. The van der Waals surface area contributed by atoms with Gasteiger partial charge in [-0.2, -0.15) is 0 Å². The van der Waals surface area contributed by atoms with E-state index < -0.39 is 11.6 Å². The van der Waals surface area contributed by atoms with Crippen molar-refractivity contribution in [2.75, 3.05) is 0 Å². The van der Waals surface area contributed by atoms with E-state index in [1.165, 1.54) is 10.7 Å². The molecule has 2 aromatic heterocycles. The second kappa shape index (κ2) is 10.3. The molecule has 0 radical (unpaired) electrons. The highest BCUT2D eigenvalue weighted by molar-refractivity contribution is 6.10. The van der Waals surface area contributed by atoms with Crippen LogP contribution in [-0.4, -0.2) is 36.1 Å². The van der Waals surface area contributed by atoms with Crippen molar-refractivity contribution in [2.24, 2.45) is 12.2 Å². The topological polar surface area (TPSA) is 113 Å². The van der Waals surface area contributed by atoms with Crippen LogP contribution in [0.25, 0.3) is 11.5 Å². The molecule has 0 atom stereocenters. The van der Waals surface area contributed by atoms with Crippen LogP contribution in [-0.2, 0) is 18.5 Å². The van der Waals surface area contributed by atoms with Gasteiger partial charge in [0, 0.05) is 24.2 Å². The predicted octanol–water partition coefficient (Wildman–Crippen LogP) is 4.61. The van der Waals surface area contributed by atoms with Gasteiger partial charge in [0.1, 0.15) is 11.6 Å². The first kappa shape index (κ1) is 23.7. The summed E-state index contributed by atoms with van der Waals surface area (Å²) in [7, 11) is 1.70. The lowest BCUT2D eigenvalue weighted by atomic mass is 10.1. The Labute approximate surface area is 209 Å². The summed E-state index contributed by atoms with van der Waals surface area (Å²) in [5.74, 6) is -0.269. The van der Waals surface area contributed by atoms with Gasteiger partial charge in [0.15, 0.2) is 23.9 Å². The Morgan fingerprint density at radius 1 is 0.973 bits per heavy atom. The Morgan fingerprint density at radius 3 is 2.51 bits per heavy atom. The molecule has 0 spiro atoms. The maximum absolute atomic E-state index is 13.9. The maximum atomic E-state index is 13.9. The average Bonchev–Trinajstić information content (AvgIpc) is 3.54. The first-order chi connectivity index (χ1) is 18.0. The molecule has 10 nitrogen and oxygen atoms in total. The summed E-state index contributed by atoms with van der Waals surface area (Å²) in [4.78, 5) is 5.49. The summed E-state index contributed by atoms with van der Waals surface area (Å²) in [6.45, 7) is 1.69. The molecule has 0 N–H and O–H groups in total. The number of aromatic nitrogens is 6. The van der Waals surface area contributed by atoms with E-state index in [2.05, 4.69) is 30.9 Å². The van der Waals surface area contributed by atoms with Crippen LogP contribution in [0.15, 0.2) is 76.3 Å². The van der Waals surface area contributed by atoms with E-state index in [0.717, 1.165) is 17.7 Å². The second-order valence-corrected chi connectivity index (χ2v) is 7.86. The summed E-state index contributed by atoms with van der Waals surface area (Å²) in [6.07, 6.45) is 0. The normalized spacial score (nSPS) is 11.5. The summed E-state index contributed by atoms with van der Waals surface area (Å²) in [5.41, 5.74) is 2.52. The van der Waals surface area contributed by atoms with Gasteiger partial charge in [0.25, 0.3) is 5.89 Å². The molecule has 0 aliphatic carbocycles. The van der Waals surface area contributed by atoms with Crippen molar-refractivity contribution in [1.29, 1.82) is 0 Å². The lowest BCUT2D eigenvalue weighted by Crippen LogP contribution is -2.12. The fourth-order valence-electron chi connectivity index (χ4n) is 3.40. The molecular weight excluding hydrogens is 484 g/mol. The Kier molecular flexibility index (Phi) is 6.62. The quantitative estimate of drug-likeness (QED) is 0.223. The van der Waals surface area contributed by atoms with E-state index >= 15 is 0 Å². The van der Waals surface area contributed by atoms with Gasteiger partial charge in [0.2, 0.25) is 11.7 Å². The van der Waals surface area contributed by atoms with Gasteiger partial charge in [-0.1, -0.05) is 35.5 Å². The SMILES string of the molecule is Cc1cc(-c2nnc(CO/N=C(/c3ccccc3)c3nnnn3C)o2)ccc1Oc1ccc(F)cc1F. The zero-order chi connectivity index (χ0) is 25.8. The second-order valence-electron chi connectivity index (χ2n) is 7.86. The molecule has 12 heteroatoms. The molecule has 0 aliphatic heterocycles. The number of rotatable bonds is 8. The third kappa shape index (κ3) is 5.32. The standard InChI is InChI=1S/C25H19F2N7O3/c1-15-12-17(8-10-20(15)36-21-11-9-18(26)13-19(21)27)25-30-28-22(37-25)14-35-31-23(16-6-4-3-5-7-16)24-29-32-33-34(24)2/h3-13H,14H2,1-2H3/b31-23-. The molecule has 0 unspecified atom stereocenters. The van der Waals surface area contributed by atoms with Gasteiger partial charge in [-0.05, 0) is 53.2 Å². The average molecular weight is 503 g/mol. The van der Waals surface area contributed by atoms with Crippen molar-refractivity contribution in [1.82, 2.24) is 30.4 Å². The molecule has 0 aliphatic rings. The van der Waals surface area contributed by atoms with E-state index in [0.29, 0.717) is 28.4 Å². The molecule has 0 amide bonds. The monoisotopic (exact) mass is 503 g/mol. The van der Waals surface area contributed by atoms with Gasteiger partial charge in [-0.3, -0.25) is 0 Å². The zero-order valence-electron chi connectivity index (χ0n) is 19.7. The number of aryl methyl sites for hydroxylation is 2. The highest BCUT2D eigenvalue weighted by atomic mass is 19.1. The number of ether oxygens (including phenoxy) is 1. The number of nitrogens with zero attached hydrogens (tertiary/aromatic N) is 7. The molecule has 5 aromatic rings. The van der Waals surface area contributed by atoms with Crippen LogP contribution in [0.4, 0.5) is 8.78 Å². The van der Waals surface area contributed by atoms with E-state index in [1.807, 2.05) is 30.3 Å². The summed E-state index contributed by atoms with van der Waals surface area (Å²) >= 11 is 0. The highest BCUT2D eigenvalue weighted by Gasteiger charge is 2.16. The van der Waals surface area contributed by atoms with Crippen molar-refractivity contribution >= 4 is 5.71 Å². The van der Waals surface area contributed by atoms with Crippen LogP contribution >= 0.6 is 0 Å². The van der Waals surface area contributed by atoms with Gasteiger partial charge < -0.3 is 14.0 Å². The van der Waals surface area contributed by atoms with Crippen LogP contribution in [0.5, 0.6) is 11.5 Å². The predicted molar refractivity (Wildman–Crippen MR) is 127 cm³/mol. The molecular formula is C25H19F2N7O3. The lowest BCUT2D eigenvalue weighted by molar-refractivity contribution is 0.111. The molecule has 3 aromatic carbocycles. The van der Waals surface area contributed by atoms with Gasteiger partial charge in [0.05, 0.1) is 0 Å². The number of tetrazole rings is 1. The highest BCUT2D eigenvalue weighted by Crippen LogP contribution is 2.30. The minimum Gasteiger partial charge on any atom is -0.454 e. The van der Waals surface area contributed by atoms with Crippen LogP contribution in [0.3, 0.4) is 0 Å². The fraction of sp³-hybridized carbons (Fsp3) is 0.120. The number of benzene rings is 3. The molecule has 0 saturated carbocycles. The third-order valence-corrected chi connectivity index (χ3v) is 5.23. The molecule has 5 rings (SSSR count). The summed E-state index contributed by atoms with van der Waals surface area (Å²) in [5, 5.41) is 23.8. The smallest absolute Gasteiger partial charge is 0.257 e. The minimum absolute atomic E-state index is 0.0815. The number of halogens is 2. The van der Waals surface area contributed by atoms with Crippen LogP contribution in [0.2, 0.25) is 0 Å². The summed E-state index contributed by atoms with van der Waals surface area (Å²) in [6, 6.07) is 17.5. The van der Waals surface area contributed by atoms with E-state index in [-0.39, 0.29) is 24.1 Å². The Bertz CT molecular complexity index is 1570. The van der Waals surface area contributed by atoms with E-state index in [1.54, 1.807) is 32.2 Å². The zero-order valence-corrected chi connectivity index (χ0v) is 19.7. The van der Waals surface area contributed by atoms with Crippen LogP contribution in [0, 0.1) is 18.6 Å². The summed E-state index contributed by atoms with van der Waals surface area (Å²) < 4.78 is 39.9. The van der Waals surface area contributed by atoms with Crippen molar-refractivity contribution in [3.63, 3.8) is 0 Å².